The Hall–Kier alpha value is -2.77. The minimum absolute atomic E-state index is 0.152. The first-order chi connectivity index (χ1) is 12.2. The summed E-state index contributed by atoms with van der Waals surface area (Å²) in [6.45, 7) is 2.06. The molecule has 0 bridgehead atoms. The summed E-state index contributed by atoms with van der Waals surface area (Å²) in [6, 6.07) is 8.17. The highest BCUT2D eigenvalue weighted by Crippen LogP contribution is 2.28. The van der Waals surface area contributed by atoms with Crippen molar-refractivity contribution < 1.29 is 4.79 Å². The van der Waals surface area contributed by atoms with Gasteiger partial charge < -0.3 is 9.47 Å². The molecule has 1 aliphatic heterocycles. The third-order valence-electron chi connectivity index (χ3n) is 4.91. The van der Waals surface area contributed by atoms with Crippen molar-refractivity contribution in [3.63, 3.8) is 0 Å². The zero-order chi connectivity index (χ0) is 17.2. The first-order valence-corrected chi connectivity index (χ1v) is 8.62. The fourth-order valence-corrected chi connectivity index (χ4v) is 3.59. The molecule has 25 heavy (non-hydrogen) atoms. The summed E-state index contributed by atoms with van der Waals surface area (Å²) in [4.78, 5) is 19.3. The SMILES string of the molecule is Cn1c([C@H]2CCCN(C(=O)CCn3cnnn3)C2)nc2ccccc21. The molecule has 8 nitrogen and oxygen atoms in total. The summed E-state index contributed by atoms with van der Waals surface area (Å²) >= 11 is 0. The lowest BCUT2D eigenvalue weighted by Crippen LogP contribution is -2.40. The van der Waals surface area contributed by atoms with E-state index in [4.69, 9.17) is 4.98 Å². The van der Waals surface area contributed by atoms with Crippen molar-refractivity contribution in [2.75, 3.05) is 13.1 Å². The summed E-state index contributed by atoms with van der Waals surface area (Å²) in [5, 5.41) is 11.0. The third kappa shape index (κ3) is 3.11. The third-order valence-corrected chi connectivity index (χ3v) is 4.91. The van der Waals surface area contributed by atoms with Crippen LogP contribution in [0.25, 0.3) is 11.0 Å². The van der Waals surface area contributed by atoms with Gasteiger partial charge in [0.2, 0.25) is 5.91 Å². The topological polar surface area (TPSA) is 81.7 Å². The number of fused-ring (bicyclic) bond motifs is 1. The average molecular weight is 339 g/mol. The van der Waals surface area contributed by atoms with Crippen molar-refractivity contribution in [2.45, 2.75) is 31.7 Å². The number of hydrogen-bond donors (Lipinski definition) is 0. The smallest absolute Gasteiger partial charge is 0.224 e. The van der Waals surface area contributed by atoms with Crippen LogP contribution in [0.15, 0.2) is 30.6 Å². The maximum absolute atomic E-state index is 12.5. The number of piperidine rings is 1. The first-order valence-electron chi connectivity index (χ1n) is 8.62. The molecule has 0 saturated carbocycles. The number of hydrogen-bond acceptors (Lipinski definition) is 5. The molecule has 0 spiro atoms. The Balaban J connectivity index is 1.46. The van der Waals surface area contributed by atoms with E-state index in [1.807, 2.05) is 23.1 Å². The summed E-state index contributed by atoms with van der Waals surface area (Å²) < 4.78 is 3.75. The number of benzene rings is 1. The van der Waals surface area contributed by atoms with Gasteiger partial charge in [-0.05, 0) is 35.4 Å². The van der Waals surface area contributed by atoms with Gasteiger partial charge in [0, 0.05) is 32.5 Å². The highest BCUT2D eigenvalue weighted by molar-refractivity contribution is 5.77. The van der Waals surface area contributed by atoms with Gasteiger partial charge in [-0.3, -0.25) is 4.79 Å². The molecule has 0 radical (unpaired) electrons. The summed E-state index contributed by atoms with van der Waals surface area (Å²) in [7, 11) is 2.06. The molecule has 1 aromatic carbocycles. The number of tetrazole rings is 1. The largest absolute Gasteiger partial charge is 0.342 e. The van der Waals surface area contributed by atoms with Crippen molar-refractivity contribution in [2.24, 2.45) is 7.05 Å². The lowest BCUT2D eigenvalue weighted by atomic mass is 9.97. The molecule has 1 saturated heterocycles. The van der Waals surface area contributed by atoms with Gasteiger partial charge in [-0.25, -0.2) is 9.67 Å². The molecule has 0 unspecified atom stereocenters. The molecule has 2 aromatic heterocycles. The normalized spacial score (nSPS) is 18.0. The van der Waals surface area contributed by atoms with E-state index in [2.05, 4.69) is 33.2 Å². The predicted octanol–water partition coefficient (Wildman–Crippen LogP) is 1.36. The van der Waals surface area contributed by atoms with Crippen LogP contribution >= 0.6 is 0 Å². The molecular formula is C17H21N7O. The van der Waals surface area contributed by atoms with Crippen LogP contribution in [0.2, 0.25) is 0 Å². The number of nitrogens with zero attached hydrogens (tertiary/aromatic N) is 7. The number of aryl methyl sites for hydroxylation is 2. The van der Waals surface area contributed by atoms with Crippen molar-refractivity contribution in [3.05, 3.63) is 36.4 Å². The molecule has 3 heterocycles. The van der Waals surface area contributed by atoms with Gasteiger partial charge >= 0.3 is 0 Å². The first kappa shape index (κ1) is 15.7. The maximum Gasteiger partial charge on any atom is 0.224 e. The van der Waals surface area contributed by atoms with Gasteiger partial charge in [-0.1, -0.05) is 12.1 Å². The Labute approximate surface area is 145 Å². The number of carbonyl (C=O) groups excluding carboxylic acids is 1. The zero-order valence-corrected chi connectivity index (χ0v) is 14.2. The van der Waals surface area contributed by atoms with Gasteiger partial charge in [0.05, 0.1) is 17.6 Å². The molecule has 4 rings (SSSR count). The van der Waals surface area contributed by atoms with Gasteiger partial charge in [0.1, 0.15) is 12.2 Å². The molecule has 1 fully saturated rings. The van der Waals surface area contributed by atoms with Gasteiger partial charge in [0.25, 0.3) is 0 Å². The molecule has 1 aliphatic rings. The number of carbonyl (C=O) groups is 1. The van der Waals surface area contributed by atoms with Crippen molar-refractivity contribution >= 4 is 16.9 Å². The fourth-order valence-electron chi connectivity index (χ4n) is 3.59. The predicted molar refractivity (Wildman–Crippen MR) is 91.7 cm³/mol. The van der Waals surface area contributed by atoms with Crippen LogP contribution in [0.3, 0.4) is 0 Å². The van der Waals surface area contributed by atoms with E-state index in [9.17, 15) is 4.79 Å². The number of imidazole rings is 1. The van der Waals surface area contributed by atoms with E-state index in [1.165, 1.54) is 6.33 Å². The van der Waals surface area contributed by atoms with Crippen molar-refractivity contribution in [3.8, 4) is 0 Å². The second-order valence-corrected chi connectivity index (χ2v) is 6.52. The minimum atomic E-state index is 0.152. The summed E-state index contributed by atoms with van der Waals surface area (Å²) in [5.74, 6) is 1.50. The van der Waals surface area contributed by atoms with Crippen LogP contribution in [0.1, 0.15) is 31.0 Å². The highest BCUT2D eigenvalue weighted by Gasteiger charge is 2.27. The van der Waals surface area contributed by atoms with Gasteiger partial charge in [-0.15, -0.1) is 5.10 Å². The summed E-state index contributed by atoms with van der Waals surface area (Å²) in [5.41, 5.74) is 2.15. The fraction of sp³-hybridized carbons (Fsp3) is 0.471. The monoisotopic (exact) mass is 339 g/mol. The van der Waals surface area contributed by atoms with Crippen LogP contribution in [-0.2, 0) is 18.4 Å². The van der Waals surface area contributed by atoms with Crippen molar-refractivity contribution in [1.82, 2.24) is 34.7 Å². The lowest BCUT2D eigenvalue weighted by molar-refractivity contribution is -0.132. The average Bonchev–Trinajstić information content (AvgIpc) is 3.28. The number of amides is 1. The number of likely N-dealkylation sites (tertiary alicyclic amines) is 1. The molecular weight excluding hydrogens is 318 g/mol. The highest BCUT2D eigenvalue weighted by atomic mass is 16.2. The van der Waals surface area contributed by atoms with Crippen LogP contribution in [0, 0.1) is 0 Å². The number of aromatic nitrogens is 6. The summed E-state index contributed by atoms with van der Waals surface area (Å²) in [6.07, 6.45) is 4.02. The van der Waals surface area contributed by atoms with Crippen molar-refractivity contribution in [1.29, 1.82) is 0 Å². The minimum Gasteiger partial charge on any atom is -0.342 e. The lowest BCUT2D eigenvalue weighted by Gasteiger charge is -2.32. The van der Waals surface area contributed by atoms with Gasteiger partial charge in [-0.2, -0.15) is 0 Å². The number of rotatable bonds is 4. The zero-order valence-electron chi connectivity index (χ0n) is 14.2. The van der Waals surface area contributed by atoms with Gasteiger partial charge in [0.15, 0.2) is 0 Å². The second-order valence-electron chi connectivity index (χ2n) is 6.52. The van der Waals surface area contributed by atoms with E-state index in [1.54, 1.807) is 4.68 Å². The van der Waals surface area contributed by atoms with Crippen LogP contribution in [0.4, 0.5) is 0 Å². The Morgan fingerprint density at radius 1 is 1.32 bits per heavy atom. The van der Waals surface area contributed by atoms with Crippen LogP contribution in [-0.4, -0.2) is 53.7 Å². The quantitative estimate of drug-likeness (QED) is 0.717. The van der Waals surface area contributed by atoms with E-state index in [0.717, 1.165) is 42.8 Å². The Kier molecular flexibility index (Phi) is 4.17. The Morgan fingerprint density at radius 2 is 2.20 bits per heavy atom. The van der Waals surface area contributed by atoms with E-state index in [-0.39, 0.29) is 11.8 Å². The van der Waals surface area contributed by atoms with E-state index in [0.29, 0.717) is 13.0 Å². The molecule has 8 heteroatoms. The molecule has 1 amide bonds. The standard InChI is InChI=1S/C17H21N7O/c1-22-15-7-3-2-6-14(15)19-17(22)13-5-4-9-23(11-13)16(25)8-10-24-12-18-20-21-24/h2-3,6-7,12-13H,4-5,8-11H2,1H3/t13-/m0/s1. The molecule has 0 N–H and O–H groups in total. The molecule has 130 valence electrons. The van der Waals surface area contributed by atoms with E-state index < -0.39 is 0 Å². The maximum atomic E-state index is 12.5. The van der Waals surface area contributed by atoms with Crippen LogP contribution < -0.4 is 0 Å². The Morgan fingerprint density at radius 3 is 3.00 bits per heavy atom. The Bertz CT molecular complexity index is 870. The van der Waals surface area contributed by atoms with Crippen LogP contribution in [0.5, 0.6) is 0 Å². The van der Waals surface area contributed by atoms with E-state index >= 15 is 0 Å². The molecule has 3 aromatic rings. The molecule has 1 atom stereocenters. The molecule has 0 aliphatic carbocycles. The number of para-hydroxylation sites is 2. The second kappa shape index (κ2) is 6.62.